The van der Waals surface area contributed by atoms with Crippen LogP contribution in [0.5, 0.6) is 11.7 Å². The van der Waals surface area contributed by atoms with Gasteiger partial charge in [0.15, 0.2) is 0 Å². The van der Waals surface area contributed by atoms with E-state index >= 15 is 0 Å². The summed E-state index contributed by atoms with van der Waals surface area (Å²) in [4.78, 5) is 0. The van der Waals surface area contributed by atoms with Gasteiger partial charge in [0.25, 0.3) is 5.69 Å². The lowest BCUT2D eigenvalue weighted by Gasteiger charge is -2.06. The van der Waals surface area contributed by atoms with Gasteiger partial charge in [-0.1, -0.05) is 42.1 Å². The van der Waals surface area contributed by atoms with Crippen molar-refractivity contribution in [3.8, 4) is 23.1 Å². The second-order valence-corrected chi connectivity index (χ2v) is 6.40. The first-order chi connectivity index (χ1) is 11.3. The van der Waals surface area contributed by atoms with Crippen molar-refractivity contribution in [2.75, 3.05) is 7.11 Å². The summed E-state index contributed by atoms with van der Waals surface area (Å²) in [7, 11) is 1.64. The van der Waals surface area contributed by atoms with Crippen LogP contribution < -0.4 is 9.30 Å². The molecule has 0 aliphatic carbocycles. The number of benzene rings is 2. The SMILES string of the molecule is COc1ccc(-c2oc(O)c3[n+]2[C@@H](c2ccccc2)SC3)cc1. The van der Waals surface area contributed by atoms with Gasteiger partial charge < -0.3 is 14.3 Å². The minimum Gasteiger partial charge on any atom is -0.497 e. The van der Waals surface area contributed by atoms with Crippen molar-refractivity contribution in [2.24, 2.45) is 0 Å². The summed E-state index contributed by atoms with van der Waals surface area (Å²) in [6.07, 6.45) is 0. The molecule has 1 aliphatic heterocycles. The number of methoxy groups -OCH3 is 1. The number of nitrogens with zero attached hydrogens (tertiary/aromatic N) is 1. The maximum atomic E-state index is 10.2. The summed E-state index contributed by atoms with van der Waals surface area (Å²) in [6, 6.07) is 17.9. The number of fused-ring (bicyclic) bond motifs is 1. The van der Waals surface area contributed by atoms with Crippen LogP contribution in [0.25, 0.3) is 11.5 Å². The average molecular weight is 326 g/mol. The molecule has 0 bridgehead atoms. The van der Waals surface area contributed by atoms with Crippen LogP contribution in [-0.2, 0) is 5.75 Å². The second-order valence-electron chi connectivity index (χ2n) is 5.33. The third-order valence-corrected chi connectivity index (χ3v) is 5.22. The number of aromatic nitrogens is 1. The van der Waals surface area contributed by atoms with E-state index in [-0.39, 0.29) is 11.3 Å². The molecule has 23 heavy (non-hydrogen) atoms. The molecular weight excluding hydrogens is 310 g/mol. The van der Waals surface area contributed by atoms with Gasteiger partial charge in [0.1, 0.15) is 5.75 Å². The van der Waals surface area contributed by atoms with Crippen molar-refractivity contribution in [1.29, 1.82) is 0 Å². The highest BCUT2D eigenvalue weighted by molar-refractivity contribution is 7.98. The normalized spacial score (nSPS) is 16.3. The fourth-order valence-electron chi connectivity index (χ4n) is 2.83. The van der Waals surface area contributed by atoms with Crippen molar-refractivity contribution in [2.45, 2.75) is 11.1 Å². The highest BCUT2D eigenvalue weighted by Gasteiger charge is 2.42. The topological polar surface area (TPSA) is 46.5 Å². The Hall–Kier alpha value is -2.40. The Morgan fingerprint density at radius 1 is 1.13 bits per heavy atom. The van der Waals surface area contributed by atoms with Gasteiger partial charge >= 0.3 is 11.8 Å². The molecule has 5 heteroatoms. The van der Waals surface area contributed by atoms with Crippen molar-refractivity contribution >= 4 is 11.8 Å². The molecule has 3 aromatic rings. The number of hydrogen-bond acceptors (Lipinski definition) is 4. The molecule has 0 amide bonds. The van der Waals surface area contributed by atoms with E-state index in [0.717, 1.165) is 22.8 Å². The molecule has 1 atom stereocenters. The van der Waals surface area contributed by atoms with E-state index in [0.29, 0.717) is 5.89 Å². The number of rotatable bonds is 3. The monoisotopic (exact) mass is 326 g/mol. The van der Waals surface area contributed by atoms with Gasteiger partial charge in [0, 0.05) is 5.56 Å². The lowest BCUT2D eigenvalue weighted by Crippen LogP contribution is -2.37. The van der Waals surface area contributed by atoms with Gasteiger partial charge in [0.2, 0.25) is 5.37 Å². The maximum absolute atomic E-state index is 10.2. The molecule has 1 N–H and O–H groups in total. The van der Waals surface area contributed by atoms with Crippen molar-refractivity contribution in [3.63, 3.8) is 0 Å². The summed E-state index contributed by atoms with van der Waals surface area (Å²) in [5, 5.41) is 10.3. The number of thioether (sulfide) groups is 1. The lowest BCUT2D eigenvalue weighted by atomic mass is 10.2. The van der Waals surface area contributed by atoms with Crippen molar-refractivity contribution in [3.05, 3.63) is 65.9 Å². The average Bonchev–Trinajstić information content (AvgIpc) is 3.17. The van der Waals surface area contributed by atoms with Gasteiger partial charge in [0.05, 0.1) is 18.4 Å². The second kappa shape index (κ2) is 5.66. The van der Waals surface area contributed by atoms with E-state index in [1.54, 1.807) is 18.9 Å². The zero-order chi connectivity index (χ0) is 15.8. The third kappa shape index (κ3) is 2.37. The molecule has 116 valence electrons. The van der Waals surface area contributed by atoms with Crippen LogP contribution in [0.3, 0.4) is 0 Å². The van der Waals surface area contributed by atoms with Crippen LogP contribution in [0.2, 0.25) is 0 Å². The molecule has 0 fully saturated rings. The van der Waals surface area contributed by atoms with E-state index < -0.39 is 0 Å². The summed E-state index contributed by atoms with van der Waals surface area (Å²) >= 11 is 1.78. The van der Waals surface area contributed by atoms with Gasteiger partial charge in [-0.15, -0.1) is 4.57 Å². The molecule has 2 heterocycles. The smallest absolute Gasteiger partial charge is 0.385 e. The molecule has 1 aliphatic rings. The Labute approximate surface area is 138 Å². The van der Waals surface area contributed by atoms with Crippen LogP contribution in [0.1, 0.15) is 16.6 Å². The molecule has 0 saturated carbocycles. The highest BCUT2D eigenvalue weighted by Crippen LogP contribution is 2.41. The first-order valence-corrected chi connectivity index (χ1v) is 8.40. The van der Waals surface area contributed by atoms with Gasteiger partial charge in [-0.3, -0.25) is 0 Å². The molecule has 2 aromatic carbocycles. The molecule has 4 nitrogen and oxygen atoms in total. The fraction of sp³-hybridized carbons (Fsp3) is 0.167. The quantitative estimate of drug-likeness (QED) is 0.745. The third-order valence-electron chi connectivity index (χ3n) is 3.98. The maximum Gasteiger partial charge on any atom is 0.385 e. The molecule has 0 radical (unpaired) electrons. The number of ether oxygens (including phenoxy) is 1. The van der Waals surface area contributed by atoms with Crippen LogP contribution >= 0.6 is 11.8 Å². The van der Waals surface area contributed by atoms with Gasteiger partial charge in [-0.2, -0.15) is 0 Å². The minimum absolute atomic E-state index is 0.00162. The first kappa shape index (κ1) is 14.2. The predicted octanol–water partition coefficient (Wildman–Crippen LogP) is 3.74. The van der Waals surface area contributed by atoms with Crippen LogP contribution in [0.15, 0.2) is 59.0 Å². The standard InChI is InChI=1S/C18H15NO3S/c1-21-14-9-7-12(8-10-14)16-19-15(18(20)22-16)11-23-17(19)13-5-3-2-4-6-13/h2-10,17H,11H2,1H3/p+1/t17-/m1/s1. The summed E-state index contributed by atoms with van der Waals surface area (Å²) in [5.74, 6) is 2.19. The minimum atomic E-state index is 0.00162. The number of aromatic hydroxyl groups is 1. The van der Waals surface area contributed by atoms with E-state index in [1.165, 1.54) is 5.56 Å². The molecule has 0 saturated heterocycles. The molecule has 0 unspecified atom stereocenters. The summed E-state index contributed by atoms with van der Waals surface area (Å²) in [5.41, 5.74) is 2.93. The lowest BCUT2D eigenvalue weighted by molar-refractivity contribution is -0.684. The Morgan fingerprint density at radius 3 is 2.57 bits per heavy atom. The molecule has 4 rings (SSSR count). The van der Waals surface area contributed by atoms with E-state index in [4.69, 9.17) is 9.15 Å². The highest BCUT2D eigenvalue weighted by atomic mass is 32.2. The van der Waals surface area contributed by atoms with Crippen molar-refractivity contribution in [1.82, 2.24) is 0 Å². The summed E-state index contributed by atoms with van der Waals surface area (Å²) < 4.78 is 12.9. The number of hydrogen-bond donors (Lipinski definition) is 1. The Kier molecular flexibility index (Phi) is 3.50. The fourth-order valence-corrected chi connectivity index (χ4v) is 4.13. The zero-order valence-electron chi connectivity index (χ0n) is 12.6. The Balaban J connectivity index is 1.82. The largest absolute Gasteiger partial charge is 0.497 e. The predicted molar refractivity (Wildman–Crippen MR) is 88.4 cm³/mol. The van der Waals surface area contributed by atoms with E-state index in [1.807, 2.05) is 42.5 Å². The molecular formula is C18H16NO3S+. The van der Waals surface area contributed by atoms with Gasteiger partial charge in [-0.25, -0.2) is 0 Å². The van der Waals surface area contributed by atoms with Gasteiger partial charge in [-0.05, 0) is 24.3 Å². The van der Waals surface area contributed by atoms with E-state index in [2.05, 4.69) is 16.7 Å². The zero-order valence-corrected chi connectivity index (χ0v) is 13.4. The van der Waals surface area contributed by atoms with E-state index in [9.17, 15) is 5.11 Å². The van der Waals surface area contributed by atoms with Crippen LogP contribution in [-0.4, -0.2) is 12.2 Å². The Bertz CT molecular complexity index is 827. The molecule has 0 spiro atoms. The first-order valence-electron chi connectivity index (χ1n) is 7.35. The van der Waals surface area contributed by atoms with Crippen LogP contribution in [0.4, 0.5) is 0 Å². The number of oxazole rings is 1. The van der Waals surface area contributed by atoms with Crippen LogP contribution in [0, 0.1) is 0 Å². The molecule has 1 aromatic heterocycles. The summed E-state index contributed by atoms with van der Waals surface area (Å²) in [6.45, 7) is 0. The van der Waals surface area contributed by atoms with Crippen molar-refractivity contribution < 1.29 is 18.8 Å². The Morgan fingerprint density at radius 2 is 1.87 bits per heavy atom.